The third kappa shape index (κ3) is 3.54. The Morgan fingerprint density at radius 2 is 2.12 bits per heavy atom. The van der Waals surface area contributed by atoms with Crippen molar-refractivity contribution in [2.45, 2.75) is 37.7 Å². The smallest absolute Gasteiger partial charge is 0.271 e. The number of benzene rings is 1. The molecule has 1 aliphatic carbocycles. The number of methoxy groups -OCH3 is 1. The zero-order chi connectivity index (χ0) is 17.2. The Morgan fingerprint density at radius 1 is 1.32 bits per heavy atom. The van der Waals surface area contributed by atoms with Gasteiger partial charge in [-0.15, -0.1) is 0 Å². The number of rotatable bonds is 6. The molecule has 1 aromatic carbocycles. The zero-order valence-corrected chi connectivity index (χ0v) is 14.4. The van der Waals surface area contributed by atoms with Crippen molar-refractivity contribution in [3.05, 3.63) is 41.7 Å². The van der Waals surface area contributed by atoms with E-state index in [2.05, 4.69) is 10.4 Å². The number of hydrogen-bond acceptors (Lipinski definition) is 4. The van der Waals surface area contributed by atoms with Gasteiger partial charge >= 0.3 is 0 Å². The second-order valence-electron chi connectivity index (χ2n) is 6.68. The van der Waals surface area contributed by atoms with Crippen molar-refractivity contribution < 1.29 is 14.3 Å². The Balaban J connectivity index is 1.53. The van der Waals surface area contributed by atoms with Crippen molar-refractivity contribution in [3.63, 3.8) is 0 Å². The standard InChI is InChI=1S/C19H23N3O3/c1-24-15-8-6-14(7-9-15)22-18(13-4-5-13)11-17(21-22)19(23)20-12-16-3-2-10-25-16/h6-9,11,13,16H,2-5,10,12H2,1H3,(H,20,23). The molecule has 0 bridgehead atoms. The number of amides is 1. The Hall–Kier alpha value is -2.34. The lowest BCUT2D eigenvalue weighted by Gasteiger charge is -2.09. The van der Waals surface area contributed by atoms with Gasteiger partial charge in [-0.3, -0.25) is 4.79 Å². The number of aromatic nitrogens is 2. The first-order valence-electron chi connectivity index (χ1n) is 8.89. The lowest BCUT2D eigenvalue weighted by atomic mass is 10.2. The maximum absolute atomic E-state index is 12.5. The Bertz CT molecular complexity index is 744. The summed E-state index contributed by atoms with van der Waals surface area (Å²) < 4.78 is 12.7. The van der Waals surface area contributed by atoms with Gasteiger partial charge in [0.15, 0.2) is 5.69 Å². The summed E-state index contributed by atoms with van der Waals surface area (Å²) in [6, 6.07) is 9.67. The Kier molecular flexibility index (Phi) is 4.44. The fourth-order valence-electron chi connectivity index (χ4n) is 3.21. The van der Waals surface area contributed by atoms with Crippen LogP contribution in [-0.4, -0.2) is 42.1 Å². The molecule has 2 fully saturated rings. The second kappa shape index (κ2) is 6.88. The molecule has 4 rings (SSSR count). The highest BCUT2D eigenvalue weighted by atomic mass is 16.5. The van der Waals surface area contributed by atoms with Gasteiger partial charge in [0.25, 0.3) is 5.91 Å². The van der Waals surface area contributed by atoms with Gasteiger partial charge in [0.2, 0.25) is 0 Å². The minimum atomic E-state index is -0.135. The fraction of sp³-hybridized carbons (Fsp3) is 0.474. The van der Waals surface area contributed by atoms with E-state index in [9.17, 15) is 4.79 Å². The Labute approximate surface area is 147 Å². The molecule has 25 heavy (non-hydrogen) atoms. The molecular weight excluding hydrogens is 318 g/mol. The van der Waals surface area contributed by atoms with Crippen LogP contribution >= 0.6 is 0 Å². The third-order valence-corrected chi connectivity index (χ3v) is 4.80. The third-order valence-electron chi connectivity index (χ3n) is 4.80. The lowest BCUT2D eigenvalue weighted by molar-refractivity contribution is 0.0853. The summed E-state index contributed by atoms with van der Waals surface area (Å²) in [4.78, 5) is 12.5. The van der Waals surface area contributed by atoms with E-state index in [0.29, 0.717) is 18.2 Å². The van der Waals surface area contributed by atoms with Crippen molar-refractivity contribution in [3.8, 4) is 11.4 Å². The van der Waals surface area contributed by atoms with Gasteiger partial charge in [-0.25, -0.2) is 4.68 Å². The number of nitrogens with zero attached hydrogens (tertiary/aromatic N) is 2. The predicted octanol–water partition coefficient (Wildman–Crippen LogP) is 2.67. The summed E-state index contributed by atoms with van der Waals surface area (Å²) >= 11 is 0. The van der Waals surface area contributed by atoms with E-state index >= 15 is 0 Å². The second-order valence-corrected chi connectivity index (χ2v) is 6.68. The van der Waals surface area contributed by atoms with E-state index in [4.69, 9.17) is 9.47 Å². The highest BCUT2D eigenvalue weighted by Gasteiger charge is 2.30. The quantitative estimate of drug-likeness (QED) is 0.877. The number of nitrogens with one attached hydrogen (secondary N) is 1. The van der Waals surface area contributed by atoms with Gasteiger partial charge in [0, 0.05) is 24.8 Å². The SMILES string of the molecule is COc1ccc(-n2nc(C(=O)NCC3CCCO3)cc2C2CC2)cc1. The number of carbonyl (C=O) groups is 1. The number of hydrogen-bond donors (Lipinski definition) is 1. The molecule has 1 saturated carbocycles. The monoisotopic (exact) mass is 341 g/mol. The molecule has 2 heterocycles. The fourth-order valence-corrected chi connectivity index (χ4v) is 3.21. The number of carbonyl (C=O) groups excluding carboxylic acids is 1. The largest absolute Gasteiger partial charge is 0.497 e. The molecule has 6 heteroatoms. The van der Waals surface area contributed by atoms with Gasteiger partial charge in [-0.2, -0.15) is 5.10 Å². The van der Waals surface area contributed by atoms with E-state index < -0.39 is 0 Å². The lowest BCUT2D eigenvalue weighted by Crippen LogP contribution is -2.32. The number of ether oxygens (including phenoxy) is 2. The average Bonchev–Trinajstić information content (AvgIpc) is 3.19. The summed E-state index contributed by atoms with van der Waals surface area (Å²) in [5, 5.41) is 7.52. The van der Waals surface area contributed by atoms with Crippen molar-refractivity contribution in [1.29, 1.82) is 0 Å². The molecule has 1 aromatic heterocycles. The van der Waals surface area contributed by atoms with Crippen molar-refractivity contribution >= 4 is 5.91 Å². The summed E-state index contributed by atoms with van der Waals surface area (Å²) in [5.41, 5.74) is 2.52. The molecule has 1 atom stereocenters. The molecule has 1 N–H and O–H groups in total. The van der Waals surface area contributed by atoms with Crippen molar-refractivity contribution in [1.82, 2.24) is 15.1 Å². The highest BCUT2D eigenvalue weighted by Crippen LogP contribution is 2.41. The summed E-state index contributed by atoms with van der Waals surface area (Å²) in [6.45, 7) is 1.34. The van der Waals surface area contributed by atoms with Crippen LogP contribution in [0.15, 0.2) is 30.3 Å². The predicted molar refractivity (Wildman–Crippen MR) is 93.4 cm³/mol. The van der Waals surface area contributed by atoms with E-state index in [1.54, 1.807) is 7.11 Å². The molecule has 6 nitrogen and oxygen atoms in total. The van der Waals surface area contributed by atoms with Crippen LogP contribution in [0.3, 0.4) is 0 Å². The molecule has 2 aromatic rings. The molecule has 1 aliphatic heterocycles. The van der Waals surface area contributed by atoms with Crippen LogP contribution in [0.1, 0.15) is 47.8 Å². The Morgan fingerprint density at radius 3 is 2.76 bits per heavy atom. The molecule has 1 unspecified atom stereocenters. The molecule has 0 spiro atoms. The van der Waals surface area contributed by atoms with Gasteiger partial charge in [-0.1, -0.05) is 0 Å². The van der Waals surface area contributed by atoms with Crippen LogP contribution in [0.4, 0.5) is 0 Å². The molecular formula is C19H23N3O3. The maximum Gasteiger partial charge on any atom is 0.271 e. The topological polar surface area (TPSA) is 65.4 Å². The highest BCUT2D eigenvalue weighted by molar-refractivity contribution is 5.92. The van der Waals surface area contributed by atoms with Crippen LogP contribution in [-0.2, 0) is 4.74 Å². The first kappa shape index (κ1) is 16.1. The van der Waals surface area contributed by atoms with Crippen LogP contribution in [0.25, 0.3) is 5.69 Å². The molecule has 1 saturated heterocycles. The summed E-state index contributed by atoms with van der Waals surface area (Å²) in [5.74, 6) is 1.16. The van der Waals surface area contributed by atoms with E-state index in [0.717, 1.165) is 49.4 Å². The van der Waals surface area contributed by atoms with Crippen LogP contribution in [0, 0.1) is 0 Å². The minimum Gasteiger partial charge on any atom is -0.497 e. The van der Waals surface area contributed by atoms with E-state index in [1.165, 1.54) is 0 Å². The van der Waals surface area contributed by atoms with Crippen LogP contribution in [0.5, 0.6) is 5.75 Å². The van der Waals surface area contributed by atoms with Gasteiger partial charge in [0.1, 0.15) is 5.75 Å². The first-order chi connectivity index (χ1) is 12.2. The molecule has 2 aliphatic rings. The average molecular weight is 341 g/mol. The van der Waals surface area contributed by atoms with Crippen LogP contribution < -0.4 is 10.1 Å². The van der Waals surface area contributed by atoms with Crippen molar-refractivity contribution in [2.24, 2.45) is 0 Å². The molecule has 132 valence electrons. The molecule has 0 radical (unpaired) electrons. The van der Waals surface area contributed by atoms with Gasteiger partial charge < -0.3 is 14.8 Å². The summed E-state index contributed by atoms with van der Waals surface area (Å²) in [7, 11) is 1.65. The van der Waals surface area contributed by atoms with E-state index in [1.807, 2.05) is 35.0 Å². The summed E-state index contributed by atoms with van der Waals surface area (Å²) in [6.07, 6.45) is 4.51. The molecule has 1 amide bonds. The minimum absolute atomic E-state index is 0.135. The van der Waals surface area contributed by atoms with Gasteiger partial charge in [-0.05, 0) is 56.0 Å². The first-order valence-corrected chi connectivity index (χ1v) is 8.89. The van der Waals surface area contributed by atoms with Crippen LogP contribution in [0.2, 0.25) is 0 Å². The van der Waals surface area contributed by atoms with E-state index in [-0.39, 0.29) is 12.0 Å². The normalized spacial score (nSPS) is 19.8. The van der Waals surface area contributed by atoms with Crippen molar-refractivity contribution in [2.75, 3.05) is 20.3 Å². The maximum atomic E-state index is 12.5. The zero-order valence-electron chi connectivity index (χ0n) is 14.4. The van der Waals surface area contributed by atoms with Gasteiger partial charge in [0.05, 0.1) is 18.9 Å².